The number of quaternary nitrogens is 1. The van der Waals surface area contributed by atoms with Gasteiger partial charge in [-0.2, -0.15) is 20.8 Å². The van der Waals surface area contributed by atoms with Crippen molar-refractivity contribution in [2.45, 2.75) is 27.7 Å². The summed E-state index contributed by atoms with van der Waals surface area (Å²) in [6.45, 7) is 16.3. The van der Waals surface area contributed by atoms with Crippen molar-refractivity contribution in [1.29, 1.82) is 0 Å². The molecule has 0 bridgehead atoms. The molecule has 0 aliphatic heterocycles. The largest absolute Gasteiger partial charge is 0.571 e. The fourth-order valence-corrected chi connectivity index (χ4v) is 0.236. The first-order valence-electron chi connectivity index (χ1n) is 4.33. The molecular weight excluding hydrogens is 255 g/mol. The molecule has 15 heavy (non-hydrogen) atoms. The Morgan fingerprint density at radius 2 is 1.33 bits per heavy atom. The molecule has 0 unspecified atom stereocenters. The molecule has 0 rings (SSSR count). The maximum atomic E-state index is 10.1. The summed E-state index contributed by atoms with van der Waals surface area (Å²) >= 11 is 0. The van der Waals surface area contributed by atoms with Crippen LogP contribution >= 0.6 is 0 Å². The van der Waals surface area contributed by atoms with Crippen LogP contribution in [0.15, 0.2) is 0 Å². The average Bonchev–Trinajstić information content (AvgIpc) is 2.24. The molecule has 92 valence electrons. The molecule has 1 amide bonds. The molecule has 5 heteroatoms. The number of primary amides is 1. The monoisotopic (exact) mass is 280 g/mol. The summed E-state index contributed by atoms with van der Waals surface area (Å²) in [5, 5.41) is 7.54. The fraction of sp³-hybridized carbons (Fsp3) is 0.500. The Bertz CT molecular complexity index is 105. The number of amides is 1. The van der Waals surface area contributed by atoms with Gasteiger partial charge in [0.05, 0.1) is 6.92 Å². The molecule has 0 aromatic carbocycles. The molecule has 0 saturated heterocycles. The van der Waals surface area contributed by atoms with E-state index in [1.54, 1.807) is 20.8 Å². The first-order valence-corrected chi connectivity index (χ1v) is 4.33. The molecule has 0 saturated carbocycles. The first-order chi connectivity index (χ1) is 6.63. The number of hydrogen-bond donors (Lipinski definition) is 1. The first kappa shape index (κ1) is 29.3. The van der Waals surface area contributed by atoms with Crippen molar-refractivity contribution in [3.63, 3.8) is 0 Å². The third-order valence-electron chi connectivity index (χ3n) is 0.575. The van der Waals surface area contributed by atoms with Gasteiger partial charge in [0.25, 0.3) is 0 Å². The summed E-state index contributed by atoms with van der Waals surface area (Å²) in [4.78, 5) is 19.9. The molecule has 4 radical (unpaired) electrons. The summed E-state index contributed by atoms with van der Waals surface area (Å²) < 4.78 is 0. The van der Waals surface area contributed by atoms with Gasteiger partial charge in [0, 0.05) is 22.4 Å². The van der Waals surface area contributed by atoms with Crippen LogP contribution in [0.4, 0.5) is 0 Å². The van der Waals surface area contributed by atoms with Crippen molar-refractivity contribution < 1.29 is 20.0 Å². The van der Waals surface area contributed by atoms with Crippen LogP contribution in [-0.2, 0) is 9.59 Å². The molecule has 4 N–H and O–H groups in total. The van der Waals surface area contributed by atoms with Crippen LogP contribution in [0.1, 0.15) is 27.7 Å². The maximum absolute atomic E-state index is 10.1. The second kappa shape index (κ2) is 37.3. The second-order valence-electron chi connectivity index (χ2n) is 1.44. The minimum atomic E-state index is -0.722. The van der Waals surface area contributed by atoms with Crippen LogP contribution in [0.5, 0.6) is 0 Å². The Hall–Kier alpha value is -0.357. The summed E-state index contributed by atoms with van der Waals surface area (Å²) in [5.41, 5.74) is 0. The summed E-state index contributed by atoms with van der Waals surface area (Å²) in [6, 6.07) is 0. The van der Waals surface area contributed by atoms with E-state index in [1.807, 2.05) is 0 Å². The number of carbonyl (C=O) groups is 2. The number of hydrogen-bond acceptors (Lipinski definition) is 2. The van der Waals surface area contributed by atoms with E-state index >= 15 is 0 Å². The summed E-state index contributed by atoms with van der Waals surface area (Å²) in [6.07, 6.45) is 0. The molecule has 0 heterocycles. The maximum Gasteiger partial charge on any atom is 0.571 e. The Morgan fingerprint density at radius 1 is 1.07 bits per heavy atom. The van der Waals surface area contributed by atoms with E-state index in [0.29, 0.717) is 0 Å². The van der Waals surface area contributed by atoms with Crippen LogP contribution in [-0.4, -0.2) is 41.1 Å². The van der Waals surface area contributed by atoms with Crippen molar-refractivity contribution >= 4 is 29.5 Å². The predicted molar refractivity (Wildman–Crippen MR) is 64.9 cm³/mol. The van der Waals surface area contributed by atoms with Gasteiger partial charge >= 0.3 is 11.9 Å². The van der Waals surface area contributed by atoms with Gasteiger partial charge < -0.3 is 25.9 Å². The Morgan fingerprint density at radius 3 is 1.40 bits per heavy atom. The molecule has 0 spiro atoms. The Balaban J connectivity index is -0.0000000410. The zero-order valence-corrected chi connectivity index (χ0v) is 12.3. The molecule has 0 aliphatic carbocycles. The number of rotatable bonds is 2. The van der Waals surface area contributed by atoms with Crippen LogP contribution in [0, 0.1) is 20.8 Å². The van der Waals surface area contributed by atoms with E-state index in [-0.39, 0.29) is 30.0 Å². The fourth-order valence-electron chi connectivity index (χ4n) is 0.236. The molecule has 0 fully saturated rings. The molecule has 0 aromatic rings. The van der Waals surface area contributed by atoms with Gasteiger partial charge in [0.2, 0.25) is 6.54 Å². The minimum absolute atomic E-state index is 0. The van der Waals surface area contributed by atoms with Gasteiger partial charge in [-0.15, -0.1) is 0 Å². The van der Waals surface area contributed by atoms with Gasteiger partial charge in [-0.05, 0) is 0 Å². The van der Waals surface area contributed by atoms with Crippen LogP contribution in [0.2, 0.25) is 0 Å². The summed E-state index contributed by atoms with van der Waals surface area (Å²) in [7, 11) is 0. The van der Waals surface area contributed by atoms with Crippen molar-refractivity contribution in [2.24, 2.45) is 0 Å². The van der Waals surface area contributed by atoms with E-state index in [0.717, 1.165) is 0 Å². The third kappa shape index (κ3) is 85.8. The molecule has 0 aliphatic rings. The van der Waals surface area contributed by atoms with E-state index < -0.39 is 5.97 Å². The van der Waals surface area contributed by atoms with E-state index in [4.69, 9.17) is 5.11 Å². The van der Waals surface area contributed by atoms with Gasteiger partial charge in [-0.1, -0.05) is 0 Å². The third-order valence-corrected chi connectivity index (χ3v) is 0.575. The van der Waals surface area contributed by atoms with Crippen LogP contribution in [0.25, 0.3) is 0 Å². The average molecular weight is 279 g/mol. The van der Waals surface area contributed by atoms with Gasteiger partial charge in [-0.25, -0.2) is 4.79 Å². The zero-order chi connectivity index (χ0) is 12.6. The Labute approximate surface area is 105 Å². The van der Waals surface area contributed by atoms with Gasteiger partial charge in [-0.3, -0.25) is 5.32 Å². The topological polar surface area (TPSA) is 73.7 Å². The van der Waals surface area contributed by atoms with Crippen molar-refractivity contribution in [2.75, 3.05) is 6.54 Å². The number of nitrogens with two attached hydrogens (primary N) is 1. The molecule has 0 aromatic heterocycles. The van der Waals surface area contributed by atoms with Crippen molar-refractivity contribution in [1.82, 2.24) is 0 Å². The van der Waals surface area contributed by atoms with Crippen molar-refractivity contribution in [3.8, 4) is 0 Å². The van der Waals surface area contributed by atoms with E-state index in [2.05, 4.69) is 20.8 Å². The van der Waals surface area contributed by atoms with Crippen molar-refractivity contribution in [3.05, 3.63) is 20.8 Å². The molecule has 0 atom stereocenters. The number of carbonyl (C=O) groups excluding carboxylic acids is 2. The quantitative estimate of drug-likeness (QED) is 0.420. The van der Waals surface area contributed by atoms with Crippen LogP contribution in [0.3, 0.4) is 0 Å². The second-order valence-corrected chi connectivity index (χ2v) is 1.44. The summed E-state index contributed by atoms with van der Waals surface area (Å²) in [5.74, 6) is -0.884. The molecular formula is C10H24GeNO3-. The van der Waals surface area contributed by atoms with Gasteiger partial charge in [0.15, 0.2) is 0 Å². The normalized spacial score (nSPS) is 5.80. The van der Waals surface area contributed by atoms with E-state index in [1.165, 1.54) is 12.2 Å². The smallest absolute Gasteiger partial charge is 0.560 e. The zero-order valence-electron chi connectivity index (χ0n) is 10.2. The molecule has 4 nitrogen and oxygen atoms in total. The minimum Gasteiger partial charge on any atom is -0.560 e. The Kier molecular flexibility index (Phi) is 72.9. The standard InChI is InChI=1S/C4H7NO3.3C2H5.Ge/c1-3(6)5-2-4(7)8;3*1-2;/h2H2,1H3,(H,5,6)(H,7,8);3*1H2,2H3;/q;3*-1;/p+2. The van der Waals surface area contributed by atoms with E-state index in [9.17, 15) is 9.59 Å². The van der Waals surface area contributed by atoms with Gasteiger partial charge in [0.1, 0.15) is 0 Å². The predicted octanol–water partition coefficient (Wildman–Crippen LogP) is -0.512. The van der Waals surface area contributed by atoms with Crippen LogP contribution < -0.4 is 5.32 Å². The SMILES string of the molecule is CC(=O)[NH2+]CC(=O)[OH2+].[CH2-]C.[CH2-]C.[CH2-]C.[Ge].